The normalized spacial score (nSPS) is 12.9. The highest BCUT2D eigenvalue weighted by atomic mass is 28.4. The molecule has 0 saturated carbocycles. The predicted octanol–water partition coefficient (Wildman–Crippen LogP) is 6.51. The number of benzene rings is 2. The van der Waals surface area contributed by atoms with Crippen LogP contribution in [0.15, 0.2) is 36.4 Å². The van der Waals surface area contributed by atoms with Gasteiger partial charge in [-0.25, -0.2) is 4.79 Å². The number of carboxylic acid groups (broad SMARTS) is 1. The van der Waals surface area contributed by atoms with E-state index in [0.717, 1.165) is 16.5 Å². The van der Waals surface area contributed by atoms with Crippen molar-refractivity contribution < 1.29 is 14.3 Å². The highest BCUT2D eigenvalue weighted by Gasteiger charge is 2.39. The molecule has 5 heteroatoms. The van der Waals surface area contributed by atoms with E-state index in [4.69, 9.17) is 4.43 Å². The van der Waals surface area contributed by atoms with E-state index >= 15 is 0 Å². The van der Waals surface area contributed by atoms with Gasteiger partial charge in [0.15, 0.2) is 0 Å². The Bertz CT molecular complexity index is 816. The van der Waals surface area contributed by atoms with Gasteiger partial charge in [0.25, 0.3) is 8.32 Å². The van der Waals surface area contributed by atoms with Crippen LogP contribution in [-0.2, 0) is 0 Å². The summed E-state index contributed by atoms with van der Waals surface area (Å²) in [7, 11) is -1.95. The summed E-state index contributed by atoms with van der Waals surface area (Å²) >= 11 is 0. The van der Waals surface area contributed by atoms with E-state index in [2.05, 4.69) is 33.9 Å². The van der Waals surface area contributed by atoms with Gasteiger partial charge in [-0.15, -0.1) is 0 Å². The van der Waals surface area contributed by atoms with E-state index in [9.17, 15) is 9.90 Å². The van der Waals surface area contributed by atoms with Crippen LogP contribution in [0.1, 0.15) is 41.5 Å². The summed E-state index contributed by atoms with van der Waals surface area (Å²) in [6.07, 6.45) is -0.953. The lowest BCUT2D eigenvalue weighted by atomic mass is 10.0. The number of carbonyl (C=O) groups is 1. The van der Waals surface area contributed by atoms with E-state index in [0.29, 0.717) is 5.69 Å². The van der Waals surface area contributed by atoms with Gasteiger partial charge in [-0.1, -0.05) is 32.9 Å². The molecule has 1 N–H and O–H groups in total. The van der Waals surface area contributed by atoms with Crippen molar-refractivity contribution in [3.8, 4) is 5.75 Å². The Labute approximate surface area is 157 Å². The Morgan fingerprint density at radius 2 is 1.65 bits per heavy atom. The van der Waals surface area contributed by atoms with Gasteiger partial charge >= 0.3 is 6.09 Å². The second-order valence-electron chi connectivity index (χ2n) is 9.31. The van der Waals surface area contributed by atoms with E-state index in [-0.39, 0.29) is 5.04 Å². The first kappa shape index (κ1) is 20.3. The number of anilines is 1. The first-order chi connectivity index (χ1) is 11.7. The average Bonchev–Trinajstić information content (AvgIpc) is 2.43. The Morgan fingerprint density at radius 1 is 1.04 bits per heavy atom. The van der Waals surface area contributed by atoms with Crippen LogP contribution >= 0.6 is 0 Å². The van der Waals surface area contributed by atoms with Crippen molar-refractivity contribution >= 4 is 30.9 Å². The molecule has 0 fully saturated rings. The Balaban J connectivity index is 2.52. The molecule has 2 aromatic rings. The summed E-state index contributed by atoms with van der Waals surface area (Å²) in [5.41, 5.74) is 0.149. The van der Waals surface area contributed by atoms with Gasteiger partial charge in [-0.05, 0) is 68.6 Å². The third-order valence-electron chi connectivity index (χ3n) is 5.12. The molecule has 0 atom stereocenters. The molecule has 2 aromatic carbocycles. The fraction of sp³-hybridized carbons (Fsp3) is 0.476. The highest BCUT2D eigenvalue weighted by Crippen LogP contribution is 2.40. The van der Waals surface area contributed by atoms with Gasteiger partial charge in [0.1, 0.15) is 5.75 Å². The molecule has 0 aliphatic heterocycles. The quantitative estimate of drug-likeness (QED) is 0.624. The smallest absolute Gasteiger partial charge is 0.412 e. The van der Waals surface area contributed by atoms with Gasteiger partial charge in [-0.3, -0.25) is 4.90 Å². The molecular weight excluding hydrogens is 342 g/mol. The zero-order valence-corrected chi connectivity index (χ0v) is 18.2. The predicted molar refractivity (Wildman–Crippen MR) is 112 cm³/mol. The maximum atomic E-state index is 11.8. The average molecular weight is 374 g/mol. The van der Waals surface area contributed by atoms with Crippen LogP contribution in [-0.4, -0.2) is 25.1 Å². The van der Waals surface area contributed by atoms with Crippen LogP contribution in [0, 0.1) is 0 Å². The van der Waals surface area contributed by atoms with Crippen LogP contribution in [0.5, 0.6) is 5.75 Å². The van der Waals surface area contributed by atoms with E-state index in [1.54, 1.807) is 0 Å². The topological polar surface area (TPSA) is 49.8 Å². The number of hydrogen-bond donors (Lipinski definition) is 1. The number of amides is 1. The van der Waals surface area contributed by atoms with E-state index in [1.165, 1.54) is 4.90 Å². The van der Waals surface area contributed by atoms with Crippen molar-refractivity contribution in [2.45, 2.75) is 65.2 Å². The number of rotatable bonds is 3. The standard InChI is InChI=1S/C21H31NO3Si/c1-20(2,3)22(19(23)24)16-12-13-17-15(14-16)10-9-11-18(17)25-26(7,8)21(4,5)6/h9-14H,1-8H3,(H,23,24). The minimum atomic E-state index is -1.95. The van der Waals surface area contributed by atoms with E-state index in [1.807, 2.05) is 57.2 Å². The van der Waals surface area contributed by atoms with Crippen LogP contribution in [0.4, 0.5) is 10.5 Å². The van der Waals surface area contributed by atoms with Crippen LogP contribution < -0.4 is 9.33 Å². The molecule has 0 bridgehead atoms. The molecule has 2 rings (SSSR count). The molecule has 142 valence electrons. The fourth-order valence-electron chi connectivity index (χ4n) is 2.68. The van der Waals surface area contributed by atoms with Crippen molar-refractivity contribution in [2.24, 2.45) is 0 Å². The lowest BCUT2D eigenvalue weighted by molar-refractivity contribution is 0.195. The molecular formula is C21H31NO3Si. The van der Waals surface area contributed by atoms with E-state index < -0.39 is 19.9 Å². The largest absolute Gasteiger partial charge is 0.543 e. The Kier molecular flexibility index (Phi) is 5.16. The molecule has 0 spiro atoms. The minimum Gasteiger partial charge on any atom is -0.543 e. The number of nitrogens with zero attached hydrogens (tertiary/aromatic N) is 1. The number of fused-ring (bicyclic) bond motifs is 1. The van der Waals surface area contributed by atoms with Gasteiger partial charge < -0.3 is 9.53 Å². The van der Waals surface area contributed by atoms with Crippen LogP contribution in [0.3, 0.4) is 0 Å². The van der Waals surface area contributed by atoms with Crippen molar-refractivity contribution in [2.75, 3.05) is 4.90 Å². The Morgan fingerprint density at radius 3 is 2.15 bits per heavy atom. The molecule has 1 amide bonds. The van der Waals surface area contributed by atoms with Crippen molar-refractivity contribution in [1.29, 1.82) is 0 Å². The molecule has 0 heterocycles. The molecule has 0 unspecified atom stereocenters. The summed E-state index contributed by atoms with van der Waals surface area (Å²) < 4.78 is 6.50. The molecule has 0 aromatic heterocycles. The summed E-state index contributed by atoms with van der Waals surface area (Å²) in [6.45, 7) is 16.8. The van der Waals surface area contributed by atoms with Crippen LogP contribution in [0.2, 0.25) is 18.1 Å². The van der Waals surface area contributed by atoms with Gasteiger partial charge in [-0.2, -0.15) is 0 Å². The SMILES string of the molecule is CC(C)(C)N(C(=O)O)c1ccc2c(O[Si](C)(C)C(C)(C)C)cccc2c1. The molecule has 0 saturated heterocycles. The lowest BCUT2D eigenvalue weighted by Gasteiger charge is -2.37. The van der Waals surface area contributed by atoms with Gasteiger partial charge in [0.2, 0.25) is 0 Å². The summed E-state index contributed by atoms with van der Waals surface area (Å²) in [6, 6.07) is 11.7. The second-order valence-corrected chi connectivity index (χ2v) is 14.0. The molecule has 0 aliphatic rings. The Hall–Kier alpha value is -2.01. The second kappa shape index (κ2) is 6.61. The third-order valence-corrected chi connectivity index (χ3v) is 9.46. The first-order valence-electron chi connectivity index (χ1n) is 8.99. The molecule has 0 radical (unpaired) electrons. The van der Waals surface area contributed by atoms with Crippen molar-refractivity contribution in [1.82, 2.24) is 0 Å². The van der Waals surface area contributed by atoms with Gasteiger partial charge in [0, 0.05) is 16.6 Å². The van der Waals surface area contributed by atoms with Crippen molar-refractivity contribution in [3.63, 3.8) is 0 Å². The summed E-state index contributed by atoms with van der Waals surface area (Å²) in [5, 5.41) is 11.7. The number of hydrogen-bond acceptors (Lipinski definition) is 2. The summed E-state index contributed by atoms with van der Waals surface area (Å²) in [4.78, 5) is 13.2. The van der Waals surface area contributed by atoms with Crippen molar-refractivity contribution in [3.05, 3.63) is 36.4 Å². The van der Waals surface area contributed by atoms with Crippen LogP contribution in [0.25, 0.3) is 10.8 Å². The zero-order chi connectivity index (χ0) is 19.9. The molecule has 0 aliphatic carbocycles. The highest BCUT2D eigenvalue weighted by molar-refractivity contribution is 6.74. The fourth-order valence-corrected chi connectivity index (χ4v) is 3.72. The summed E-state index contributed by atoms with van der Waals surface area (Å²) in [5.74, 6) is 0.873. The zero-order valence-electron chi connectivity index (χ0n) is 17.2. The lowest BCUT2D eigenvalue weighted by Crippen LogP contribution is -2.45. The first-order valence-corrected chi connectivity index (χ1v) is 11.9. The maximum Gasteiger partial charge on any atom is 0.412 e. The molecule has 26 heavy (non-hydrogen) atoms. The minimum absolute atomic E-state index is 0.113. The third kappa shape index (κ3) is 4.04. The van der Waals surface area contributed by atoms with Gasteiger partial charge in [0.05, 0.1) is 0 Å². The maximum absolute atomic E-state index is 11.8. The monoisotopic (exact) mass is 373 g/mol. The molecule has 4 nitrogen and oxygen atoms in total.